The van der Waals surface area contributed by atoms with Crippen LogP contribution in [-0.4, -0.2) is 30.1 Å². The number of hydrogen-bond acceptors (Lipinski definition) is 3. The van der Waals surface area contributed by atoms with Crippen LogP contribution in [0.15, 0.2) is 48.5 Å². The Labute approximate surface area is 147 Å². The normalized spacial score (nSPS) is 12.9. The van der Waals surface area contributed by atoms with Gasteiger partial charge in [0, 0.05) is 6.54 Å². The van der Waals surface area contributed by atoms with E-state index in [4.69, 9.17) is 4.74 Å². The van der Waals surface area contributed by atoms with Crippen LogP contribution in [0.2, 0.25) is 0 Å². The van der Waals surface area contributed by atoms with Crippen LogP contribution in [0.4, 0.5) is 0 Å². The Morgan fingerprint density at radius 1 is 1.04 bits per heavy atom. The van der Waals surface area contributed by atoms with Gasteiger partial charge in [-0.1, -0.05) is 48.5 Å². The van der Waals surface area contributed by atoms with Crippen molar-refractivity contribution < 1.29 is 19.4 Å². The van der Waals surface area contributed by atoms with E-state index < -0.39 is 11.4 Å². The second-order valence-electron chi connectivity index (χ2n) is 6.29. The number of para-hydroxylation sites is 1. The number of carbonyl (C=O) groups excluding carboxylic acids is 1. The van der Waals surface area contributed by atoms with Crippen LogP contribution in [0, 0.1) is 13.8 Å². The summed E-state index contributed by atoms with van der Waals surface area (Å²) in [7, 11) is 0. The largest absolute Gasteiger partial charge is 0.483 e. The number of aliphatic carboxylic acids is 1. The minimum absolute atomic E-state index is 0.0126. The van der Waals surface area contributed by atoms with Gasteiger partial charge in [0.25, 0.3) is 5.91 Å². The molecule has 0 aromatic heterocycles. The molecule has 25 heavy (non-hydrogen) atoms. The Balaban J connectivity index is 1.99. The summed E-state index contributed by atoms with van der Waals surface area (Å²) in [4.78, 5) is 23.8. The number of ether oxygens (including phenoxy) is 1. The van der Waals surface area contributed by atoms with E-state index in [1.807, 2.05) is 38.1 Å². The number of carboxylic acid groups (broad SMARTS) is 1. The Morgan fingerprint density at radius 3 is 2.20 bits per heavy atom. The lowest BCUT2D eigenvalue weighted by molar-refractivity contribution is -0.143. The zero-order valence-corrected chi connectivity index (χ0v) is 14.7. The highest BCUT2D eigenvalue weighted by atomic mass is 16.5. The molecule has 0 spiro atoms. The summed E-state index contributed by atoms with van der Waals surface area (Å²) in [6.07, 6.45) is 0. The van der Waals surface area contributed by atoms with Gasteiger partial charge in [-0.15, -0.1) is 0 Å². The minimum Gasteiger partial charge on any atom is -0.483 e. The second-order valence-corrected chi connectivity index (χ2v) is 6.29. The Bertz CT molecular complexity index is 737. The van der Waals surface area contributed by atoms with Crippen molar-refractivity contribution in [2.75, 3.05) is 13.2 Å². The molecule has 5 nitrogen and oxygen atoms in total. The van der Waals surface area contributed by atoms with E-state index in [9.17, 15) is 14.7 Å². The van der Waals surface area contributed by atoms with Gasteiger partial charge in [0.05, 0.1) is 0 Å². The molecular formula is C20H23NO4. The molecule has 0 fully saturated rings. The van der Waals surface area contributed by atoms with Crippen LogP contribution in [0.25, 0.3) is 0 Å². The Hall–Kier alpha value is -2.82. The lowest BCUT2D eigenvalue weighted by atomic mass is 9.82. The third-order valence-electron chi connectivity index (χ3n) is 4.28. The van der Waals surface area contributed by atoms with E-state index >= 15 is 0 Å². The lowest BCUT2D eigenvalue weighted by Gasteiger charge is -2.25. The molecule has 2 aromatic rings. The number of hydrogen-bond donors (Lipinski definition) is 2. The highest BCUT2D eigenvalue weighted by Crippen LogP contribution is 2.24. The highest BCUT2D eigenvalue weighted by Gasteiger charge is 2.35. The summed E-state index contributed by atoms with van der Waals surface area (Å²) in [5.41, 5.74) is 1.34. The number of benzene rings is 2. The van der Waals surface area contributed by atoms with E-state index in [2.05, 4.69) is 5.32 Å². The minimum atomic E-state index is -1.20. The monoisotopic (exact) mass is 341 g/mol. The van der Waals surface area contributed by atoms with Crippen molar-refractivity contribution >= 4 is 11.9 Å². The Kier molecular flexibility index (Phi) is 5.80. The second kappa shape index (κ2) is 7.83. The van der Waals surface area contributed by atoms with Gasteiger partial charge in [-0.2, -0.15) is 0 Å². The number of rotatable bonds is 7. The Morgan fingerprint density at radius 2 is 1.64 bits per heavy atom. The molecule has 5 heteroatoms. The topological polar surface area (TPSA) is 75.6 Å². The molecule has 0 radical (unpaired) electrons. The molecule has 0 saturated carbocycles. The lowest BCUT2D eigenvalue weighted by Crippen LogP contribution is -2.45. The van der Waals surface area contributed by atoms with E-state index in [0.717, 1.165) is 11.1 Å². The number of amides is 1. The number of aryl methyl sites for hydroxylation is 2. The van der Waals surface area contributed by atoms with Crippen LogP contribution < -0.4 is 10.1 Å². The first kappa shape index (κ1) is 18.5. The number of carbonyl (C=O) groups is 2. The fourth-order valence-electron chi connectivity index (χ4n) is 2.60. The summed E-state index contributed by atoms with van der Waals surface area (Å²) in [6, 6.07) is 14.6. The molecule has 132 valence electrons. The van der Waals surface area contributed by atoms with Crippen molar-refractivity contribution in [3.8, 4) is 5.75 Å². The zero-order valence-electron chi connectivity index (χ0n) is 14.7. The van der Waals surface area contributed by atoms with Crippen molar-refractivity contribution in [2.45, 2.75) is 26.2 Å². The predicted molar refractivity (Wildman–Crippen MR) is 95.9 cm³/mol. The SMILES string of the molecule is Cc1cccc(C)c1OCC(=O)NCC(C)(C(=O)O)c1ccccc1. The van der Waals surface area contributed by atoms with Crippen molar-refractivity contribution in [3.05, 3.63) is 65.2 Å². The quantitative estimate of drug-likeness (QED) is 0.812. The first-order chi connectivity index (χ1) is 11.8. The first-order valence-corrected chi connectivity index (χ1v) is 8.09. The molecule has 0 aliphatic carbocycles. The molecule has 0 saturated heterocycles. The van der Waals surface area contributed by atoms with E-state index in [0.29, 0.717) is 11.3 Å². The van der Waals surface area contributed by atoms with Crippen LogP contribution >= 0.6 is 0 Å². The predicted octanol–water partition coefficient (Wildman–Crippen LogP) is 2.84. The smallest absolute Gasteiger partial charge is 0.315 e. The third-order valence-corrected chi connectivity index (χ3v) is 4.28. The molecule has 0 heterocycles. The maximum Gasteiger partial charge on any atom is 0.315 e. The summed E-state index contributed by atoms with van der Waals surface area (Å²) in [5.74, 6) is -0.664. The van der Waals surface area contributed by atoms with Crippen LogP contribution in [0.5, 0.6) is 5.75 Å². The van der Waals surface area contributed by atoms with Crippen LogP contribution in [0.3, 0.4) is 0 Å². The highest BCUT2D eigenvalue weighted by molar-refractivity contribution is 5.83. The van der Waals surface area contributed by atoms with Crippen LogP contribution in [-0.2, 0) is 15.0 Å². The van der Waals surface area contributed by atoms with Gasteiger partial charge in [-0.25, -0.2) is 0 Å². The fourth-order valence-corrected chi connectivity index (χ4v) is 2.60. The van der Waals surface area contributed by atoms with Gasteiger partial charge < -0.3 is 15.2 Å². The standard InChI is InChI=1S/C20H23NO4/c1-14-8-7-9-15(2)18(14)25-12-17(22)21-13-20(3,19(23)24)16-10-5-4-6-11-16/h4-11H,12-13H2,1-3H3,(H,21,22)(H,23,24). The molecule has 1 unspecified atom stereocenters. The van der Waals surface area contributed by atoms with Gasteiger partial charge in [0.1, 0.15) is 11.2 Å². The van der Waals surface area contributed by atoms with Crippen molar-refractivity contribution in [1.82, 2.24) is 5.32 Å². The van der Waals surface area contributed by atoms with Gasteiger partial charge >= 0.3 is 5.97 Å². The van der Waals surface area contributed by atoms with Crippen LogP contribution in [0.1, 0.15) is 23.6 Å². The molecule has 0 aliphatic rings. The average molecular weight is 341 g/mol. The summed E-state index contributed by atoms with van der Waals surface area (Å²) < 4.78 is 5.60. The third kappa shape index (κ3) is 4.38. The van der Waals surface area contributed by atoms with Crippen molar-refractivity contribution in [2.24, 2.45) is 0 Å². The molecule has 0 aliphatic heterocycles. The average Bonchev–Trinajstić information content (AvgIpc) is 2.59. The summed E-state index contributed by atoms with van der Waals surface area (Å²) >= 11 is 0. The van der Waals surface area contributed by atoms with Gasteiger partial charge in [0.15, 0.2) is 6.61 Å². The molecule has 0 bridgehead atoms. The maximum atomic E-state index is 12.1. The number of nitrogens with one attached hydrogen (secondary N) is 1. The van der Waals surface area contributed by atoms with E-state index in [-0.39, 0.29) is 19.1 Å². The molecule has 1 atom stereocenters. The van der Waals surface area contributed by atoms with Crippen molar-refractivity contribution in [1.29, 1.82) is 0 Å². The molecule has 2 aromatic carbocycles. The summed E-state index contributed by atoms with van der Waals surface area (Å²) in [6.45, 7) is 5.25. The van der Waals surface area contributed by atoms with E-state index in [1.165, 1.54) is 0 Å². The van der Waals surface area contributed by atoms with Crippen molar-refractivity contribution in [3.63, 3.8) is 0 Å². The molecule has 2 N–H and O–H groups in total. The summed E-state index contributed by atoms with van der Waals surface area (Å²) in [5, 5.41) is 12.3. The number of carboxylic acids is 1. The zero-order chi connectivity index (χ0) is 18.4. The van der Waals surface area contributed by atoms with Gasteiger partial charge in [0.2, 0.25) is 0 Å². The maximum absolute atomic E-state index is 12.1. The van der Waals surface area contributed by atoms with E-state index in [1.54, 1.807) is 31.2 Å². The molecule has 1 amide bonds. The molecule has 2 rings (SSSR count). The molecular weight excluding hydrogens is 318 g/mol. The fraction of sp³-hybridized carbons (Fsp3) is 0.300. The van der Waals surface area contributed by atoms with Gasteiger partial charge in [-0.05, 0) is 37.5 Å². The first-order valence-electron chi connectivity index (χ1n) is 8.09. The van der Waals surface area contributed by atoms with Gasteiger partial charge in [-0.3, -0.25) is 9.59 Å².